The molecule has 0 fully saturated rings. The van der Waals surface area contributed by atoms with Crippen molar-refractivity contribution in [3.05, 3.63) is 28.8 Å². The van der Waals surface area contributed by atoms with Crippen LogP contribution in [0.15, 0.2) is 12.1 Å². The molecule has 1 aromatic rings. The first kappa shape index (κ1) is 8.57. The Kier molecular flexibility index (Phi) is 2.00. The van der Waals surface area contributed by atoms with Crippen molar-refractivity contribution in [1.82, 2.24) is 0 Å². The standard InChI is InChI=1S/C11H16N2/c1-7-5-6-10(13)11-8(7)3-2-4-9(11)12/h5-6,9H,2-4,12-13H2,1H3. The van der Waals surface area contributed by atoms with E-state index in [-0.39, 0.29) is 6.04 Å². The number of benzene rings is 1. The fourth-order valence-electron chi connectivity index (χ4n) is 2.20. The van der Waals surface area contributed by atoms with Gasteiger partial charge in [-0.05, 0) is 48.9 Å². The van der Waals surface area contributed by atoms with Crippen LogP contribution in [0.5, 0.6) is 0 Å². The average molecular weight is 176 g/mol. The van der Waals surface area contributed by atoms with Crippen molar-refractivity contribution in [2.45, 2.75) is 32.2 Å². The van der Waals surface area contributed by atoms with Crippen molar-refractivity contribution < 1.29 is 0 Å². The van der Waals surface area contributed by atoms with Gasteiger partial charge in [0.05, 0.1) is 0 Å². The Morgan fingerprint density at radius 3 is 2.85 bits per heavy atom. The van der Waals surface area contributed by atoms with Gasteiger partial charge in [-0.1, -0.05) is 6.07 Å². The van der Waals surface area contributed by atoms with Crippen molar-refractivity contribution in [1.29, 1.82) is 0 Å². The summed E-state index contributed by atoms with van der Waals surface area (Å²) in [5.41, 5.74) is 16.7. The molecule has 2 heteroatoms. The quantitative estimate of drug-likeness (QED) is 0.593. The lowest BCUT2D eigenvalue weighted by atomic mass is 9.84. The van der Waals surface area contributed by atoms with E-state index in [1.807, 2.05) is 6.07 Å². The Morgan fingerprint density at radius 2 is 2.15 bits per heavy atom. The van der Waals surface area contributed by atoms with E-state index < -0.39 is 0 Å². The minimum Gasteiger partial charge on any atom is -0.398 e. The number of nitrogen functional groups attached to an aromatic ring is 1. The molecule has 1 aromatic carbocycles. The largest absolute Gasteiger partial charge is 0.398 e. The number of anilines is 1. The van der Waals surface area contributed by atoms with Crippen LogP contribution in [0.2, 0.25) is 0 Å². The van der Waals surface area contributed by atoms with Gasteiger partial charge in [-0.15, -0.1) is 0 Å². The Bertz CT molecular complexity index is 331. The molecule has 0 amide bonds. The molecular formula is C11H16N2. The van der Waals surface area contributed by atoms with Crippen molar-refractivity contribution >= 4 is 5.69 Å². The van der Waals surface area contributed by atoms with E-state index in [0.29, 0.717) is 0 Å². The highest BCUT2D eigenvalue weighted by atomic mass is 14.7. The highest BCUT2D eigenvalue weighted by Crippen LogP contribution is 2.33. The van der Waals surface area contributed by atoms with E-state index in [9.17, 15) is 0 Å². The number of hydrogen-bond donors (Lipinski definition) is 2. The van der Waals surface area contributed by atoms with Gasteiger partial charge in [-0.25, -0.2) is 0 Å². The van der Waals surface area contributed by atoms with Crippen LogP contribution < -0.4 is 11.5 Å². The first-order valence-electron chi connectivity index (χ1n) is 4.83. The van der Waals surface area contributed by atoms with Crippen LogP contribution >= 0.6 is 0 Å². The zero-order valence-corrected chi connectivity index (χ0v) is 8.01. The fourth-order valence-corrected chi connectivity index (χ4v) is 2.20. The van der Waals surface area contributed by atoms with Gasteiger partial charge in [-0.3, -0.25) is 0 Å². The molecule has 1 aliphatic carbocycles. The molecule has 0 aliphatic heterocycles. The maximum atomic E-state index is 6.04. The van der Waals surface area contributed by atoms with Crippen LogP contribution in [0.3, 0.4) is 0 Å². The summed E-state index contributed by atoms with van der Waals surface area (Å²) < 4.78 is 0. The van der Waals surface area contributed by atoms with E-state index in [1.165, 1.54) is 23.1 Å². The van der Waals surface area contributed by atoms with Gasteiger partial charge in [0, 0.05) is 11.7 Å². The Balaban J connectivity index is 2.60. The summed E-state index contributed by atoms with van der Waals surface area (Å²) in [5, 5.41) is 0. The maximum Gasteiger partial charge on any atom is 0.0365 e. The Morgan fingerprint density at radius 1 is 1.38 bits per heavy atom. The van der Waals surface area contributed by atoms with Gasteiger partial charge in [-0.2, -0.15) is 0 Å². The SMILES string of the molecule is Cc1ccc(N)c2c1CCCC2N. The molecule has 0 saturated heterocycles. The molecule has 4 N–H and O–H groups in total. The summed E-state index contributed by atoms with van der Waals surface area (Å²) in [5.74, 6) is 0. The van der Waals surface area contributed by atoms with E-state index >= 15 is 0 Å². The van der Waals surface area contributed by atoms with E-state index in [2.05, 4.69) is 13.0 Å². The summed E-state index contributed by atoms with van der Waals surface area (Å²) in [6, 6.07) is 4.22. The second-order valence-electron chi connectivity index (χ2n) is 3.86. The minimum atomic E-state index is 0.156. The topological polar surface area (TPSA) is 52.0 Å². The third-order valence-electron chi connectivity index (χ3n) is 2.94. The smallest absolute Gasteiger partial charge is 0.0365 e. The third-order valence-corrected chi connectivity index (χ3v) is 2.94. The lowest BCUT2D eigenvalue weighted by molar-refractivity contribution is 0.570. The molecule has 2 nitrogen and oxygen atoms in total. The second kappa shape index (κ2) is 3.04. The summed E-state index contributed by atoms with van der Waals surface area (Å²) in [7, 11) is 0. The van der Waals surface area contributed by atoms with E-state index in [4.69, 9.17) is 11.5 Å². The van der Waals surface area contributed by atoms with Crippen LogP contribution in [0, 0.1) is 6.92 Å². The molecule has 0 heterocycles. The highest BCUT2D eigenvalue weighted by Gasteiger charge is 2.20. The van der Waals surface area contributed by atoms with E-state index in [1.54, 1.807) is 0 Å². The van der Waals surface area contributed by atoms with Gasteiger partial charge >= 0.3 is 0 Å². The number of hydrogen-bond acceptors (Lipinski definition) is 2. The number of nitrogens with two attached hydrogens (primary N) is 2. The average Bonchev–Trinajstić information content (AvgIpc) is 2.12. The van der Waals surface area contributed by atoms with Crippen molar-refractivity contribution in [2.75, 3.05) is 5.73 Å². The second-order valence-corrected chi connectivity index (χ2v) is 3.86. The molecule has 2 rings (SSSR count). The Labute approximate surface area is 78.9 Å². The van der Waals surface area contributed by atoms with Gasteiger partial charge in [0.1, 0.15) is 0 Å². The van der Waals surface area contributed by atoms with Gasteiger partial charge in [0.2, 0.25) is 0 Å². The first-order valence-corrected chi connectivity index (χ1v) is 4.83. The maximum absolute atomic E-state index is 6.04. The van der Waals surface area contributed by atoms with Crippen molar-refractivity contribution in [3.63, 3.8) is 0 Å². The first-order chi connectivity index (χ1) is 6.20. The van der Waals surface area contributed by atoms with Gasteiger partial charge in [0.25, 0.3) is 0 Å². The molecule has 1 atom stereocenters. The predicted octanol–water partition coefficient (Wildman–Crippen LogP) is 1.91. The van der Waals surface area contributed by atoms with Crippen molar-refractivity contribution in [2.24, 2.45) is 5.73 Å². The molecular weight excluding hydrogens is 160 g/mol. The lowest BCUT2D eigenvalue weighted by Crippen LogP contribution is -2.20. The molecule has 0 saturated carbocycles. The van der Waals surface area contributed by atoms with Gasteiger partial charge < -0.3 is 11.5 Å². The monoisotopic (exact) mass is 176 g/mol. The third kappa shape index (κ3) is 1.31. The molecule has 0 radical (unpaired) electrons. The predicted molar refractivity (Wildman–Crippen MR) is 55.5 cm³/mol. The highest BCUT2D eigenvalue weighted by molar-refractivity contribution is 5.56. The summed E-state index contributed by atoms with van der Waals surface area (Å²) >= 11 is 0. The van der Waals surface area contributed by atoms with Crippen LogP contribution in [-0.4, -0.2) is 0 Å². The normalized spacial score (nSPS) is 21.2. The van der Waals surface area contributed by atoms with Crippen molar-refractivity contribution in [3.8, 4) is 0 Å². The zero-order chi connectivity index (χ0) is 9.42. The molecule has 0 spiro atoms. The minimum absolute atomic E-state index is 0.156. The summed E-state index contributed by atoms with van der Waals surface area (Å²) in [6.45, 7) is 2.14. The van der Waals surface area contributed by atoms with Crippen LogP contribution in [0.25, 0.3) is 0 Å². The number of rotatable bonds is 0. The molecule has 1 unspecified atom stereocenters. The Hall–Kier alpha value is -1.02. The van der Waals surface area contributed by atoms with Crippen LogP contribution in [0.1, 0.15) is 35.6 Å². The summed E-state index contributed by atoms with van der Waals surface area (Å²) in [6.07, 6.45) is 3.40. The molecule has 0 aromatic heterocycles. The van der Waals surface area contributed by atoms with Gasteiger partial charge in [0.15, 0.2) is 0 Å². The zero-order valence-electron chi connectivity index (χ0n) is 8.01. The summed E-state index contributed by atoms with van der Waals surface area (Å²) in [4.78, 5) is 0. The molecule has 1 aliphatic rings. The molecule has 70 valence electrons. The lowest BCUT2D eigenvalue weighted by Gasteiger charge is -2.25. The molecule has 0 bridgehead atoms. The van der Waals surface area contributed by atoms with E-state index in [0.717, 1.165) is 18.5 Å². The van der Waals surface area contributed by atoms with Crippen LogP contribution in [0.4, 0.5) is 5.69 Å². The fraction of sp³-hybridized carbons (Fsp3) is 0.455. The number of aryl methyl sites for hydroxylation is 1. The number of fused-ring (bicyclic) bond motifs is 1. The molecule has 13 heavy (non-hydrogen) atoms. The van der Waals surface area contributed by atoms with Crippen LogP contribution in [-0.2, 0) is 6.42 Å².